The Hall–Kier alpha value is -2.75. The quantitative estimate of drug-likeness (QED) is 0.664. The zero-order valence-corrected chi connectivity index (χ0v) is 17.7. The zero-order chi connectivity index (χ0) is 20.7. The van der Waals surface area contributed by atoms with Gasteiger partial charge < -0.3 is 14.8 Å². The van der Waals surface area contributed by atoms with Crippen molar-refractivity contribution in [3.05, 3.63) is 65.2 Å². The number of carbonyl (C=O) groups excluding carboxylic acids is 1. The van der Waals surface area contributed by atoms with Crippen molar-refractivity contribution in [1.29, 1.82) is 0 Å². The van der Waals surface area contributed by atoms with Crippen LogP contribution in [-0.4, -0.2) is 20.1 Å². The molecule has 0 radical (unpaired) electrons. The molecule has 2 aromatic carbocycles. The van der Waals surface area contributed by atoms with Crippen molar-refractivity contribution < 1.29 is 14.3 Å². The Kier molecular flexibility index (Phi) is 7.27. The third-order valence-electron chi connectivity index (χ3n) is 4.74. The molecule has 0 aliphatic rings. The third kappa shape index (κ3) is 5.62. The largest absolute Gasteiger partial charge is 0.493 e. The van der Waals surface area contributed by atoms with E-state index in [9.17, 15) is 4.79 Å². The van der Waals surface area contributed by atoms with E-state index in [0.717, 1.165) is 17.5 Å². The average Bonchev–Trinajstić information content (AvgIpc) is 2.69. The van der Waals surface area contributed by atoms with Crippen LogP contribution in [0.15, 0.2) is 48.5 Å². The molecule has 0 aliphatic heterocycles. The normalized spacial score (nSPS) is 12.6. The van der Waals surface area contributed by atoms with E-state index < -0.39 is 0 Å². The van der Waals surface area contributed by atoms with Crippen molar-refractivity contribution in [3.8, 4) is 11.5 Å². The molecule has 0 aliphatic carbocycles. The Balaban J connectivity index is 2.07. The number of methoxy groups -OCH3 is 2. The van der Waals surface area contributed by atoms with E-state index in [4.69, 9.17) is 9.47 Å². The fraction of sp³-hybridized carbons (Fsp3) is 0.375. The first kappa shape index (κ1) is 21.5. The summed E-state index contributed by atoms with van der Waals surface area (Å²) in [6.07, 6.45) is 4.19. The first-order valence-electron chi connectivity index (χ1n) is 9.59. The van der Waals surface area contributed by atoms with Crippen LogP contribution in [-0.2, 0) is 10.2 Å². The van der Waals surface area contributed by atoms with Crippen LogP contribution in [0.1, 0.15) is 56.8 Å². The maximum absolute atomic E-state index is 12.4. The first-order valence-corrected chi connectivity index (χ1v) is 9.59. The molecule has 0 aromatic heterocycles. The molecule has 1 N–H and O–H groups in total. The first-order chi connectivity index (χ1) is 13.3. The summed E-state index contributed by atoms with van der Waals surface area (Å²) in [4.78, 5) is 12.4. The van der Waals surface area contributed by atoms with Crippen molar-refractivity contribution in [3.63, 3.8) is 0 Å². The molecule has 2 aromatic rings. The molecular weight excluding hydrogens is 350 g/mol. The van der Waals surface area contributed by atoms with Gasteiger partial charge in [-0.15, -0.1) is 0 Å². The van der Waals surface area contributed by atoms with Gasteiger partial charge in [-0.05, 0) is 46.7 Å². The number of benzene rings is 2. The number of hydrogen-bond acceptors (Lipinski definition) is 3. The van der Waals surface area contributed by atoms with Gasteiger partial charge in [-0.1, -0.05) is 58.0 Å². The third-order valence-corrected chi connectivity index (χ3v) is 4.74. The Morgan fingerprint density at radius 1 is 1.04 bits per heavy atom. The molecule has 0 saturated heterocycles. The van der Waals surface area contributed by atoms with Crippen LogP contribution in [0.2, 0.25) is 0 Å². The van der Waals surface area contributed by atoms with Gasteiger partial charge in [-0.25, -0.2) is 0 Å². The number of amides is 1. The van der Waals surface area contributed by atoms with E-state index in [1.807, 2.05) is 43.3 Å². The molecule has 0 unspecified atom stereocenters. The van der Waals surface area contributed by atoms with Gasteiger partial charge in [0.2, 0.25) is 5.91 Å². The van der Waals surface area contributed by atoms with Crippen LogP contribution in [0.4, 0.5) is 0 Å². The highest BCUT2D eigenvalue weighted by molar-refractivity contribution is 5.92. The predicted octanol–water partition coefficient (Wildman–Crippen LogP) is 5.28. The summed E-state index contributed by atoms with van der Waals surface area (Å²) in [5.74, 6) is 1.20. The Bertz CT molecular complexity index is 817. The Labute approximate surface area is 168 Å². The van der Waals surface area contributed by atoms with Crippen LogP contribution in [0, 0.1) is 0 Å². The van der Waals surface area contributed by atoms with Crippen LogP contribution < -0.4 is 14.8 Å². The van der Waals surface area contributed by atoms with Crippen molar-refractivity contribution in [1.82, 2.24) is 5.32 Å². The van der Waals surface area contributed by atoms with E-state index in [1.54, 1.807) is 20.3 Å². The second kappa shape index (κ2) is 9.45. The zero-order valence-electron chi connectivity index (χ0n) is 17.7. The van der Waals surface area contributed by atoms with E-state index in [2.05, 4.69) is 38.2 Å². The number of hydrogen-bond donors (Lipinski definition) is 1. The summed E-state index contributed by atoms with van der Waals surface area (Å²) in [5, 5.41) is 3.06. The molecular formula is C24H31NO3. The van der Waals surface area contributed by atoms with Gasteiger partial charge in [0.1, 0.15) is 0 Å². The van der Waals surface area contributed by atoms with Gasteiger partial charge in [0, 0.05) is 6.08 Å². The molecule has 4 nitrogen and oxygen atoms in total. The van der Waals surface area contributed by atoms with Gasteiger partial charge in [-0.2, -0.15) is 0 Å². The number of rotatable bonds is 7. The molecule has 1 amide bonds. The molecule has 0 saturated carbocycles. The monoisotopic (exact) mass is 381 g/mol. The second-order valence-electron chi connectivity index (χ2n) is 7.79. The summed E-state index contributed by atoms with van der Waals surface area (Å²) < 4.78 is 10.6. The van der Waals surface area contributed by atoms with Crippen molar-refractivity contribution in [2.75, 3.05) is 14.2 Å². The topological polar surface area (TPSA) is 47.6 Å². The molecule has 4 heteroatoms. The minimum Gasteiger partial charge on any atom is -0.493 e. The SMILES string of the molecule is CC[C@H](NC(=O)/C=C/c1ccc(C(C)(C)C)cc1)c1ccc(OC)c(OC)c1. The predicted molar refractivity (Wildman–Crippen MR) is 115 cm³/mol. The average molecular weight is 382 g/mol. The highest BCUT2D eigenvalue weighted by Gasteiger charge is 2.15. The number of nitrogens with one attached hydrogen (secondary N) is 1. The molecule has 2 rings (SSSR count). The molecule has 0 heterocycles. The summed E-state index contributed by atoms with van der Waals surface area (Å²) in [6.45, 7) is 8.59. The van der Waals surface area contributed by atoms with E-state index in [1.165, 1.54) is 5.56 Å². The second-order valence-corrected chi connectivity index (χ2v) is 7.79. The van der Waals surface area contributed by atoms with Crippen molar-refractivity contribution in [2.24, 2.45) is 0 Å². The minimum atomic E-state index is -0.124. The standard InChI is InChI=1S/C24H31NO3/c1-7-20(18-11-14-21(27-5)22(16-18)28-6)25-23(26)15-10-17-8-12-19(13-9-17)24(2,3)4/h8-16,20H,7H2,1-6H3,(H,25,26)/b15-10+/t20-/m0/s1. The smallest absolute Gasteiger partial charge is 0.244 e. The van der Waals surface area contributed by atoms with Crippen LogP contribution in [0.3, 0.4) is 0 Å². The Morgan fingerprint density at radius 2 is 1.68 bits per heavy atom. The van der Waals surface area contributed by atoms with E-state index in [-0.39, 0.29) is 17.4 Å². The molecule has 28 heavy (non-hydrogen) atoms. The number of ether oxygens (including phenoxy) is 2. The lowest BCUT2D eigenvalue weighted by Crippen LogP contribution is -2.26. The van der Waals surface area contributed by atoms with Gasteiger partial charge in [0.25, 0.3) is 0 Å². The lowest BCUT2D eigenvalue weighted by Gasteiger charge is -2.19. The summed E-state index contributed by atoms with van der Waals surface area (Å²) >= 11 is 0. The highest BCUT2D eigenvalue weighted by Crippen LogP contribution is 2.30. The minimum absolute atomic E-state index is 0.0970. The van der Waals surface area contributed by atoms with E-state index >= 15 is 0 Å². The van der Waals surface area contributed by atoms with Crippen molar-refractivity contribution in [2.45, 2.75) is 45.6 Å². The van der Waals surface area contributed by atoms with Crippen molar-refractivity contribution >= 4 is 12.0 Å². The van der Waals surface area contributed by atoms with Gasteiger partial charge in [0.05, 0.1) is 20.3 Å². The van der Waals surface area contributed by atoms with E-state index in [0.29, 0.717) is 11.5 Å². The molecule has 0 spiro atoms. The fourth-order valence-corrected chi connectivity index (χ4v) is 2.98. The maximum atomic E-state index is 12.4. The molecule has 1 atom stereocenters. The summed E-state index contributed by atoms with van der Waals surface area (Å²) in [7, 11) is 3.21. The lowest BCUT2D eigenvalue weighted by molar-refractivity contribution is -0.117. The van der Waals surface area contributed by atoms with Crippen LogP contribution >= 0.6 is 0 Å². The van der Waals surface area contributed by atoms with Gasteiger partial charge in [0.15, 0.2) is 11.5 Å². The fourth-order valence-electron chi connectivity index (χ4n) is 2.98. The molecule has 0 bridgehead atoms. The van der Waals surface area contributed by atoms with Gasteiger partial charge >= 0.3 is 0 Å². The van der Waals surface area contributed by atoms with Crippen LogP contribution in [0.5, 0.6) is 11.5 Å². The van der Waals surface area contributed by atoms with Gasteiger partial charge in [-0.3, -0.25) is 4.79 Å². The number of carbonyl (C=O) groups is 1. The van der Waals surface area contributed by atoms with Crippen LogP contribution in [0.25, 0.3) is 6.08 Å². The summed E-state index contributed by atoms with van der Waals surface area (Å²) in [6, 6.07) is 13.9. The lowest BCUT2D eigenvalue weighted by atomic mass is 9.87. The Morgan fingerprint density at radius 3 is 2.21 bits per heavy atom. The highest BCUT2D eigenvalue weighted by atomic mass is 16.5. The summed E-state index contributed by atoms with van der Waals surface area (Å²) in [5.41, 5.74) is 3.38. The maximum Gasteiger partial charge on any atom is 0.244 e. The molecule has 150 valence electrons. The molecule has 0 fully saturated rings.